The summed E-state index contributed by atoms with van der Waals surface area (Å²) < 4.78 is 58.4. The topological polar surface area (TPSA) is 26.0 Å². The number of alkyl halides is 3. The Morgan fingerprint density at radius 2 is 2.00 bits per heavy atom. The number of nitrogen functional groups attached to an aromatic ring is 1. The van der Waals surface area contributed by atoms with Gasteiger partial charge in [0.2, 0.25) is 0 Å². The third-order valence-corrected chi connectivity index (χ3v) is 1.70. The summed E-state index contributed by atoms with van der Waals surface area (Å²) in [5.41, 5.74) is 3.47. The number of rotatable bonds is 0. The van der Waals surface area contributed by atoms with Crippen molar-refractivity contribution in [3.8, 4) is 0 Å². The first kappa shape index (κ1) is 5.85. The monoisotopic (exact) mass is 242 g/mol. The summed E-state index contributed by atoms with van der Waals surface area (Å²) in [5, 5.41) is 0. The predicted molar refractivity (Wildman–Crippen MR) is 43.6 cm³/mol. The van der Waals surface area contributed by atoms with Gasteiger partial charge in [0.15, 0.2) is 0 Å². The Morgan fingerprint density at radius 1 is 1.42 bits per heavy atom. The van der Waals surface area contributed by atoms with Crippen molar-refractivity contribution in [1.29, 1.82) is 0 Å². The van der Waals surface area contributed by atoms with E-state index in [9.17, 15) is 13.2 Å². The Bertz CT molecular complexity index is 390. The number of anilines is 1. The molecule has 0 radical (unpaired) electrons. The lowest BCUT2D eigenvalue weighted by atomic mass is 10.2. The van der Waals surface area contributed by atoms with Crippen molar-refractivity contribution < 1.29 is 17.3 Å². The van der Waals surface area contributed by atoms with Crippen LogP contribution in [0.3, 0.4) is 0 Å². The van der Waals surface area contributed by atoms with Crippen LogP contribution in [0.15, 0.2) is 22.6 Å². The molecule has 0 aliphatic heterocycles. The summed E-state index contributed by atoms with van der Waals surface area (Å²) in [6, 6.07) is -2.72. The molecule has 5 heteroatoms. The number of halogens is 4. The van der Waals surface area contributed by atoms with E-state index in [4.69, 9.17) is 9.85 Å². The maximum Gasteiger partial charge on any atom is 0.416 e. The SMILES string of the molecule is [2H]c1c([2H])c(C(F)(F)F)c([2H])c(Br)c1N. The fourth-order valence-corrected chi connectivity index (χ4v) is 0.832. The molecule has 0 unspecified atom stereocenters. The molecule has 0 aliphatic carbocycles. The predicted octanol–water partition coefficient (Wildman–Crippen LogP) is 3.05. The van der Waals surface area contributed by atoms with Crippen LogP contribution in [0, 0.1) is 0 Å². The van der Waals surface area contributed by atoms with Crippen molar-refractivity contribution in [2.75, 3.05) is 5.73 Å². The molecule has 0 bridgehead atoms. The van der Waals surface area contributed by atoms with Gasteiger partial charge in [0, 0.05) is 10.2 Å². The van der Waals surface area contributed by atoms with Crippen LogP contribution in [0.4, 0.5) is 18.9 Å². The lowest BCUT2D eigenvalue weighted by Crippen LogP contribution is -2.04. The molecule has 0 saturated carbocycles. The third-order valence-electron chi connectivity index (χ3n) is 1.08. The largest absolute Gasteiger partial charge is 0.416 e. The molecule has 1 aromatic carbocycles. The Balaban J connectivity index is 3.68. The molecule has 0 heterocycles. The van der Waals surface area contributed by atoms with Crippen molar-refractivity contribution in [2.45, 2.75) is 6.18 Å². The lowest BCUT2D eigenvalue weighted by Gasteiger charge is -2.07. The van der Waals surface area contributed by atoms with E-state index in [0.717, 1.165) is 0 Å². The Morgan fingerprint density at radius 3 is 2.50 bits per heavy atom. The number of nitrogens with two attached hydrogens (primary N) is 1. The van der Waals surface area contributed by atoms with Crippen molar-refractivity contribution in [3.05, 3.63) is 28.2 Å². The highest BCUT2D eigenvalue weighted by Gasteiger charge is 2.30. The van der Waals surface area contributed by atoms with E-state index in [1.165, 1.54) is 0 Å². The quantitative estimate of drug-likeness (QED) is 0.696. The summed E-state index contributed by atoms with van der Waals surface area (Å²) in [5.74, 6) is 0. The molecule has 12 heavy (non-hydrogen) atoms. The smallest absolute Gasteiger partial charge is 0.398 e. The molecule has 0 spiro atoms. The maximum absolute atomic E-state index is 12.4. The van der Waals surface area contributed by atoms with Gasteiger partial charge in [-0.15, -0.1) is 0 Å². The van der Waals surface area contributed by atoms with Gasteiger partial charge in [-0.05, 0) is 34.1 Å². The molecule has 0 amide bonds. The highest BCUT2D eigenvalue weighted by molar-refractivity contribution is 9.10. The average Bonchev–Trinajstić information content (AvgIpc) is 2.09. The van der Waals surface area contributed by atoms with Gasteiger partial charge in [-0.3, -0.25) is 0 Å². The molecule has 0 aromatic heterocycles. The summed E-state index contributed by atoms with van der Waals surface area (Å²) in [4.78, 5) is 0. The molecule has 0 aliphatic rings. The lowest BCUT2D eigenvalue weighted by molar-refractivity contribution is -0.137. The first-order valence-corrected chi connectivity index (χ1v) is 3.59. The second-order valence-corrected chi connectivity index (χ2v) is 2.77. The maximum atomic E-state index is 12.4. The van der Waals surface area contributed by atoms with Crippen LogP contribution in [-0.2, 0) is 6.18 Å². The highest BCUT2D eigenvalue weighted by Crippen LogP contribution is 2.32. The average molecular weight is 243 g/mol. The van der Waals surface area contributed by atoms with Crippen LogP contribution in [0.5, 0.6) is 0 Å². The minimum absolute atomic E-state index is 0.309. The zero-order valence-corrected chi connectivity index (χ0v) is 7.18. The summed E-state index contributed by atoms with van der Waals surface area (Å²) in [6.45, 7) is 0. The second-order valence-electron chi connectivity index (χ2n) is 1.98. The van der Waals surface area contributed by atoms with Crippen LogP contribution in [0.1, 0.15) is 9.68 Å². The normalized spacial score (nSPS) is 15.2. The van der Waals surface area contributed by atoms with Gasteiger partial charge in [0.25, 0.3) is 0 Å². The van der Waals surface area contributed by atoms with Crippen LogP contribution >= 0.6 is 15.9 Å². The number of hydrogen-bond acceptors (Lipinski definition) is 1. The van der Waals surface area contributed by atoms with E-state index < -0.39 is 29.9 Å². The van der Waals surface area contributed by atoms with Crippen molar-refractivity contribution >= 4 is 21.6 Å². The molecular formula is C7H5BrF3N. The number of benzene rings is 1. The van der Waals surface area contributed by atoms with E-state index in [2.05, 4.69) is 15.9 Å². The van der Waals surface area contributed by atoms with Gasteiger partial charge in [-0.25, -0.2) is 0 Å². The Labute approximate surface area is 79.7 Å². The van der Waals surface area contributed by atoms with Crippen LogP contribution < -0.4 is 5.73 Å². The first-order chi connectivity index (χ1) is 6.68. The number of hydrogen-bond donors (Lipinski definition) is 1. The van der Waals surface area contributed by atoms with Gasteiger partial charge in [-0.2, -0.15) is 13.2 Å². The van der Waals surface area contributed by atoms with E-state index in [1.54, 1.807) is 0 Å². The zero-order valence-electron chi connectivity index (χ0n) is 8.59. The Kier molecular flexibility index (Phi) is 1.45. The Hall–Kier alpha value is -0.710. The van der Waals surface area contributed by atoms with E-state index in [-0.39, 0.29) is 10.2 Å². The van der Waals surface area contributed by atoms with Gasteiger partial charge < -0.3 is 5.73 Å². The minimum atomic E-state index is -4.83. The van der Waals surface area contributed by atoms with Crippen LogP contribution in [-0.4, -0.2) is 0 Å². The second kappa shape index (κ2) is 2.97. The zero-order chi connectivity index (χ0) is 12.0. The standard InChI is InChI=1S/C7H5BrF3N/c8-5-3-4(7(9,10)11)1-2-6(5)12/h1-3H,12H2/i1D,2D,3D. The molecule has 0 fully saturated rings. The van der Waals surface area contributed by atoms with Crippen molar-refractivity contribution in [2.24, 2.45) is 0 Å². The van der Waals surface area contributed by atoms with Gasteiger partial charge in [-0.1, -0.05) is 0 Å². The van der Waals surface area contributed by atoms with Gasteiger partial charge in [0.05, 0.1) is 9.68 Å². The third kappa shape index (κ3) is 1.91. The first-order valence-electron chi connectivity index (χ1n) is 4.29. The highest BCUT2D eigenvalue weighted by atomic mass is 79.9. The molecule has 0 atom stereocenters. The molecule has 66 valence electrons. The fraction of sp³-hybridized carbons (Fsp3) is 0.143. The molecule has 1 nitrogen and oxygen atoms in total. The molecular weight excluding hydrogens is 235 g/mol. The van der Waals surface area contributed by atoms with Crippen molar-refractivity contribution in [1.82, 2.24) is 0 Å². The van der Waals surface area contributed by atoms with Gasteiger partial charge in [0.1, 0.15) is 0 Å². The van der Waals surface area contributed by atoms with Gasteiger partial charge >= 0.3 is 6.18 Å². The summed E-state index contributed by atoms with van der Waals surface area (Å²) in [6.07, 6.45) is -4.83. The fourth-order valence-electron chi connectivity index (χ4n) is 0.535. The summed E-state index contributed by atoms with van der Waals surface area (Å²) >= 11 is 2.69. The van der Waals surface area contributed by atoms with E-state index in [0.29, 0.717) is 0 Å². The van der Waals surface area contributed by atoms with E-state index in [1.807, 2.05) is 0 Å². The van der Waals surface area contributed by atoms with Crippen LogP contribution in [0.2, 0.25) is 0 Å². The molecule has 1 aromatic rings. The minimum Gasteiger partial charge on any atom is -0.398 e. The van der Waals surface area contributed by atoms with Crippen molar-refractivity contribution in [3.63, 3.8) is 0 Å². The molecule has 2 N–H and O–H groups in total. The van der Waals surface area contributed by atoms with E-state index >= 15 is 0 Å². The molecule has 0 saturated heterocycles. The van der Waals surface area contributed by atoms with Crippen LogP contribution in [0.25, 0.3) is 0 Å². The summed E-state index contributed by atoms with van der Waals surface area (Å²) in [7, 11) is 0. The molecule has 1 rings (SSSR count).